The van der Waals surface area contributed by atoms with Crippen LogP contribution >= 0.6 is 23.2 Å². The number of halogens is 2. The molecule has 0 saturated carbocycles. The highest BCUT2D eigenvalue weighted by Gasteiger charge is 2.22. The Kier molecular flexibility index (Phi) is 7.37. The number of carbonyl (C=O) groups is 2. The van der Waals surface area contributed by atoms with Gasteiger partial charge in [0.2, 0.25) is 0 Å². The fourth-order valence-electron chi connectivity index (χ4n) is 3.62. The number of anilines is 1. The van der Waals surface area contributed by atoms with Crippen LogP contribution in [0.4, 0.5) is 5.69 Å². The minimum absolute atomic E-state index is 0.0542. The molecule has 0 unspecified atom stereocenters. The van der Waals surface area contributed by atoms with E-state index in [2.05, 4.69) is 10.3 Å². The van der Waals surface area contributed by atoms with Gasteiger partial charge >= 0.3 is 11.7 Å². The number of fused-ring (bicyclic) bond motifs is 1. The second-order valence-corrected chi connectivity index (χ2v) is 9.22. The Hall–Kier alpha value is -4.08. The summed E-state index contributed by atoms with van der Waals surface area (Å²) in [6.07, 6.45) is 0. The van der Waals surface area contributed by atoms with Gasteiger partial charge in [-0.3, -0.25) is 9.59 Å². The van der Waals surface area contributed by atoms with Crippen LogP contribution in [0, 0.1) is 0 Å². The fraction of sp³-hybridized carbons (Fsp3) is 0.154. The van der Waals surface area contributed by atoms with E-state index < -0.39 is 29.2 Å². The largest absolute Gasteiger partial charge is 0.425 e. The number of rotatable bonds is 6. The zero-order chi connectivity index (χ0) is 26.9. The molecule has 3 aromatic carbocycles. The van der Waals surface area contributed by atoms with Crippen molar-refractivity contribution in [2.24, 2.45) is 0 Å². The number of carbonyl (C=O) groups excluding carboxylic acids is 2. The average molecular weight is 541 g/mol. The monoisotopic (exact) mass is 540 g/mol. The van der Waals surface area contributed by atoms with E-state index in [0.717, 1.165) is 10.3 Å². The van der Waals surface area contributed by atoms with E-state index in [4.69, 9.17) is 27.9 Å². The van der Waals surface area contributed by atoms with Crippen molar-refractivity contribution in [3.8, 4) is 11.4 Å². The number of benzene rings is 3. The smallest absolute Gasteiger partial charge is 0.333 e. The summed E-state index contributed by atoms with van der Waals surface area (Å²) in [7, 11) is 3.70. The van der Waals surface area contributed by atoms with E-state index in [0.29, 0.717) is 10.9 Å². The van der Waals surface area contributed by atoms with Crippen LogP contribution in [-0.4, -0.2) is 41.6 Å². The number of hydrogen-bond acceptors (Lipinski definition) is 6. The molecule has 0 spiro atoms. The lowest BCUT2D eigenvalue weighted by atomic mass is 10.2. The summed E-state index contributed by atoms with van der Waals surface area (Å²) in [6.45, 7) is 1.45. The van der Waals surface area contributed by atoms with Crippen LogP contribution in [0.25, 0.3) is 16.6 Å². The predicted molar refractivity (Wildman–Crippen MR) is 144 cm³/mol. The molecule has 0 aliphatic rings. The van der Waals surface area contributed by atoms with Crippen molar-refractivity contribution in [3.63, 3.8) is 0 Å². The van der Waals surface area contributed by atoms with E-state index in [1.54, 1.807) is 24.3 Å². The maximum absolute atomic E-state index is 13.1. The zero-order valence-corrected chi connectivity index (χ0v) is 21.6. The Morgan fingerprint density at radius 2 is 1.65 bits per heavy atom. The SMILES string of the molecule is C[C@H](NC(=O)c1c(Cl)cccc1Cl)C(=O)Oc1ccc(-n2c(=O)[nH]c3ccc(N(C)C)cc3c2=O)cc1. The van der Waals surface area contributed by atoms with Gasteiger partial charge in [-0.1, -0.05) is 29.3 Å². The zero-order valence-electron chi connectivity index (χ0n) is 20.0. The number of aromatic nitrogens is 2. The van der Waals surface area contributed by atoms with Gasteiger partial charge in [-0.2, -0.15) is 0 Å². The molecule has 9 nitrogen and oxygen atoms in total. The van der Waals surface area contributed by atoms with Gasteiger partial charge in [0.05, 0.1) is 32.2 Å². The van der Waals surface area contributed by atoms with Crippen molar-refractivity contribution in [3.05, 3.63) is 97.1 Å². The summed E-state index contributed by atoms with van der Waals surface area (Å²) in [4.78, 5) is 55.4. The van der Waals surface area contributed by atoms with Crippen LogP contribution in [0.15, 0.2) is 70.3 Å². The summed E-state index contributed by atoms with van der Waals surface area (Å²) >= 11 is 12.1. The standard InChI is InChI=1S/C26H22Cl2N4O5/c1-14(29-23(33)22-19(27)5-4-6-20(22)28)25(35)37-17-10-7-15(8-11-17)32-24(34)18-13-16(31(2)3)9-12-21(18)30-26(32)36/h4-14H,1-3H3,(H,29,33)(H,30,36)/t14-/m0/s1. The highest BCUT2D eigenvalue weighted by molar-refractivity contribution is 6.39. The molecule has 11 heteroatoms. The maximum atomic E-state index is 13.1. The van der Waals surface area contributed by atoms with Gasteiger partial charge < -0.3 is 19.9 Å². The summed E-state index contributed by atoms with van der Waals surface area (Å²) in [5.74, 6) is -1.20. The molecule has 1 heterocycles. The van der Waals surface area contributed by atoms with Crippen LogP contribution in [-0.2, 0) is 4.79 Å². The van der Waals surface area contributed by atoms with E-state index in [1.807, 2.05) is 19.0 Å². The summed E-state index contributed by atoms with van der Waals surface area (Å²) in [6, 6.07) is 14.6. The molecule has 0 bridgehead atoms. The third-order valence-electron chi connectivity index (χ3n) is 5.60. The summed E-state index contributed by atoms with van der Waals surface area (Å²) in [5.41, 5.74) is 0.493. The van der Waals surface area contributed by atoms with E-state index >= 15 is 0 Å². The van der Waals surface area contributed by atoms with Gasteiger partial charge in [0.25, 0.3) is 11.5 Å². The Morgan fingerprint density at radius 1 is 1.00 bits per heavy atom. The Bertz CT molecular complexity index is 1610. The number of esters is 1. The number of nitrogens with one attached hydrogen (secondary N) is 2. The first kappa shape index (κ1) is 26.0. The first-order valence-corrected chi connectivity index (χ1v) is 11.9. The summed E-state index contributed by atoms with van der Waals surface area (Å²) in [5, 5.41) is 3.16. The van der Waals surface area contributed by atoms with Crippen LogP contribution in [0.2, 0.25) is 10.0 Å². The van der Waals surface area contributed by atoms with Crippen LogP contribution in [0.3, 0.4) is 0 Å². The van der Waals surface area contributed by atoms with Crippen molar-refractivity contribution in [2.45, 2.75) is 13.0 Å². The van der Waals surface area contributed by atoms with E-state index in [9.17, 15) is 19.2 Å². The van der Waals surface area contributed by atoms with Crippen molar-refractivity contribution in [1.82, 2.24) is 14.9 Å². The predicted octanol–water partition coefficient (Wildman–Crippen LogP) is 3.78. The molecule has 37 heavy (non-hydrogen) atoms. The highest BCUT2D eigenvalue weighted by Crippen LogP contribution is 2.24. The number of amides is 1. The molecule has 4 rings (SSSR count). The van der Waals surface area contributed by atoms with Gasteiger partial charge in [0.1, 0.15) is 11.8 Å². The molecule has 1 atom stereocenters. The number of ether oxygens (including phenoxy) is 1. The number of H-pyrrole nitrogens is 1. The highest BCUT2D eigenvalue weighted by atomic mass is 35.5. The lowest BCUT2D eigenvalue weighted by molar-refractivity contribution is -0.136. The second kappa shape index (κ2) is 10.5. The molecule has 1 amide bonds. The number of aromatic amines is 1. The third-order valence-corrected chi connectivity index (χ3v) is 6.23. The quantitative estimate of drug-likeness (QED) is 0.284. The van der Waals surface area contributed by atoms with Gasteiger partial charge in [-0.05, 0) is 61.5 Å². The van der Waals surface area contributed by atoms with Crippen LogP contribution in [0.1, 0.15) is 17.3 Å². The lowest BCUT2D eigenvalue weighted by Gasteiger charge is -2.15. The Morgan fingerprint density at radius 3 is 2.27 bits per heavy atom. The van der Waals surface area contributed by atoms with Gasteiger partial charge in [-0.15, -0.1) is 0 Å². The second-order valence-electron chi connectivity index (χ2n) is 8.40. The van der Waals surface area contributed by atoms with Gasteiger partial charge in [0, 0.05) is 19.8 Å². The molecule has 4 aromatic rings. The normalized spacial score (nSPS) is 11.7. The molecule has 0 saturated heterocycles. The van der Waals surface area contributed by atoms with Crippen molar-refractivity contribution in [2.75, 3.05) is 19.0 Å². The van der Waals surface area contributed by atoms with Crippen LogP contribution in [0.5, 0.6) is 5.75 Å². The lowest BCUT2D eigenvalue weighted by Crippen LogP contribution is -2.41. The maximum Gasteiger partial charge on any atom is 0.333 e. The first-order valence-electron chi connectivity index (χ1n) is 11.1. The minimum atomic E-state index is -1.02. The molecule has 0 aliphatic carbocycles. The molecule has 0 aliphatic heterocycles. The molecule has 0 radical (unpaired) electrons. The topological polar surface area (TPSA) is 114 Å². The average Bonchev–Trinajstić information content (AvgIpc) is 2.84. The van der Waals surface area contributed by atoms with Crippen LogP contribution < -0.4 is 26.2 Å². The van der Waals surface area contributed by atoms with Gasteiger partial charge in [0.15, 0.2) is 0 Å². The number of hydrogen-bond donors (Lipinski definition) is 2. The molecule has 0 fully saturated rings. The molecule has 190 valence electrons. The molecular formula is C26H22Cl2N4O5. The minimum Gasteiger partial charge on any atom is -0.425 e. The third kappa shape index (κ3) is 5.37. The first-order chi connectivity index (χ1) is 17.6. The van der Waals surface area contributed by atoms with Gasteiger partial charge in [-0.25, -0.2) is 14.2 Å². The molecule has 1 aromatic heterocycles. The number of nitrogens with zero attached hydrogens (tertiary/aromatic N) is 2. The van der Waals surface area contributed by atoms with E-state index in [1.165, 1.54) is 43.3 Å². The fourth-order valence-corrected chi connectivity index (χ4v) is 4.19. The molecular weight excluding hydrogens is 519 g/mol. The van der Waals surface area contributed by atoms with Crippen molar-refractivity contribution < 1.29 is 14.3 Å². The Balaban J connectivity index is 1.52. The summed E-state index contributed by atoms with van der Waals surface area (Å²) < 4.78 is 6.34. The molecule has 2 N–H and O–H groups in total. The van der Waals surface area contributed by atoms with Crippen molar-refractivity contribution in [1.29, 1.82) is 0 Å². The Labute approximate surface area is 221 Å². The van der Waals surface area contributed by atoms with E-state index in [-0.39, 0.29) is 27.0 Å². The van der Waals surface area contributed by atoms with Crippen molar-refractivity contribution >= 4 is 51.7 Å².